The Hall–Kier alpha value is -3.10. The molecule has 0 aliphatic heterocycles. The quantitative estimate of drug-likeness (QED) is 0.258. The van der Waals surface area contributed by atoms with Gasteiger partial charge in [-0.3, -0.25) is 0 Å². The Morgan fingerprint density at radius 3 is 2.13 bits per heavy atom. The van der Waals surface area contributed by atoms with E-state index >= 15 is 0 Å². The highest BCUT2D eigenvalue weighted by Gasteiger charge is 2.18. The van der Waals surface area contributed by atoms with E-state index in [0.717, 1.165) is 0 Å². The van der Waals surface area contributed by atoms with Crippen LogP contribution in [0.3, 0.4) is 0 Å². The third-order valence-electron chi connectivity index (χ3n) is 6.14. The number of nitrogens with zero attached hydrogens (tertiary/aromatic N) is 1. The van der Waals surface area contributed by atoms with Crippen LogP contribution >= 0.6 is 11.3 Å². The minimum atomic E-state index is 0.144. The molecule has 0 aliphatic carbocycles. The second-order valence-corrected chi connectivity index (χ2v) is 10.2. The Kier molecular flexibility index (Phi) is 3.66. The lowest BCUT2D eigenvalue weighted by atomic mass is 9.86. The first-order valence-corrected chi connectivity index (χ1v) is 11.3. The number of benzene rings is 4. The van der Waals surface area contributed by atoms with E-state index in [1.807, 2.05) is 11.3 Å². The van der Waals surface area contributed by atoms with E-state index in [9.17, 15) is 0 Å². The molecule has 0 spiro atoms. The summed E-state index contributed by atoms with van der Waals surface area (Å²) in [6, 6.07) is 31.2. The first-order valence-electron chi connectivity index (χ1n) is 10.5. The molecule has 0 unspecified atom stereocenters. The number of thiophene rings is 1. The molecule has 2 heteroatoms. The van der Waals surface area contributed by atoms with Crippen molar-refractivity contribution in [2.24, 2.45) is 0 Å². The molecular formula is C28H23NS. The van der Waals surface area contributed by atoms with Crippen molar-refractivity contribution in [3.05, 3.63) is 90.5 Å². The van der Waals surface area contributed by atoms with Gasteiger partial charge in [-0.05, 0) is 53.4 Å². The van der Waals surface area contributed by atoms with Crippen molar-refractivity contribution in [1.82, 2.24) is 4.57 Å². The van der Waals surface area contributed by atoms with E-state index in [-0.39, 0.29) is 5.41 Å². The highest BCUT2D eigenvalue weighted by atomic mass is 32.1. The third kappa shape index (κ3) is 2.54. The van der Waals surface area contributed by atoms with Gasteiger partial charge in [-0.1, -0.05) is 63.2 Å². The van der Waals surface area contributed by atoms with E-state index in [0.29, 0.717) is 0 Å². The molecule has 1 nitrogen and oxygen atoms in total. The average Bonchev–Trinajstić information content (AvgIpc) is 3.26. The Bertz CT molecular complexity index is 1560. The molecular weight excluding hydrogens is 382 g/mol. The monoisotopic (exact) mass is 405 g/mol. The predicted octanol–water partition coefficient (Wildman–Crippen LogP) is 8.45. The van der Waals surface area contributed by atoms with Crippen LogP contribution in [-0.2, 0) is 5.41 Å². The van der Waals surface area contributed by atoms with Crippen molar-refractivity contribution >= 4 is 53.3 Å². The predicted molar refractivity (Wildman–Crippen MR) is 132 cm³/mol. The molecule has 0 amide bonds. The summed E-state index contributed by atoms with van der Waals surface area (Å²) in [7, 11) is 0. The molecule has 0 atom stereocenters. The molecule has 2 aromatic heterocycles. The second kappa shape index (κ2) is 6.20. The Morgan fingerprint density at radius 1 is 0.600 bits per heavy atom. The van der Waals surface area contributed by atoms with Gasteiger partial charge in [0.15, 0.2) is 0 Å². The topological polar surface area (TPSA) is 4.93 Å². The van der Waals surface area contributed by atoms with Crippen LogP contribution in [0.5, 0.6) is 0 Å². The summed E-state index contributed by atoms with van der Waals surface area (Å²) in [5.74, 6) is 0. The summed E-state index contributed by atoms with van der Waals surface area (Å²) in [6.07, 6.45) is 0. The normalized spacial score (nSPS) is 12.5. The highest BCUT2D eigenvalue weighted by Crippen LogP contribution is 2.41. The average molecular weight is 406 g/mol. The van der Waals surface area contributed by atoms with Gasteiger partial charge in [0.25, 0.3) is 0 Å². The molecule has 0 saturated carbocycles. The van der Waals surface area contributed by atoms with Gasteiger partial charge >= 0.3 is 0 Å². The SMILES string of the molecule is CC(C)(C)c1ccc2sc3cc4c5ccccc5n(-c5ccccc5)c4cc3c2c1. The fourth-order valence-electron chi connectivity index (χ4n) is 4.56. The summed E-state index contributed by atoms with van der Waals surface area (Å²) >= 11 is 1.90. The van der Waals surface area contributed by atoms with Crippen molar-refractivity contribution < 1.29 is 0 Å². The summed E-state index contributed by atoms with van der Waals surface area (Å²) in [6.45, 7) is 6.86. The molecule has 0 N–H and O–H groups in total. The number of aromatic nitrogens is 1. The van der Waals surface area contributed by atoms with Crippen LogP contribution in [0.15, 0.2) is 84.9 Å². The van der Waals surface area contributed by atoms with Crippen molar-refractivity contribution in [3.8, 4) is 5.69 Å². The van der Waals surface area contributed by atoms with Crippen LogP contribution in [0.1, 0.15) is 26.3 Å². The Morgan fingerprint density at radius 2 is 1.33 bits per heavy atom. The molecule has 0 saturated heterocycles. The molecule has 6 aromatic rings. The van der Waals surface area contributed by atoms with Gasteiger partial charge in [-0.25, -0.2) is 0 Å². The molecule has 0 fully saturated rings. The number of fused-ring (bicyclic) bond motifs is 6. The van der Waals surface area contributed by atoms with Gasteiger partial charge in [-0.15, -0.1) is 11.3 Å². The lowest BCUT2D eigenvalue weighted by Gasteiger charge is -2.18. The molecule has 2 heterocycles. The van der Waals surface area contributed by atoms with Crippen LogP contribution in [-0.4, -0.2) is 4.57 Å². The van der Waals surface area contributed by atoms with Gasteiger partial charge in [0.1, 0.15) is 0 Å². The molecule has 146 valence electrons. The maximum Gasteiger partial charge on any atom is 0.0548 e. The molecule has 0 aliphatic rings. The summed E-state index contributed by atoms with van der Waals surface area (Å²) < 4.78 is 5.13. The standard InChI is InChI=1S/C28H23NS/c1-28(2,3)18-13-14-26-22(15-18)23-16-25-21(17-27(23)30-26)20-11-7-8-12-24(20)29(25)19-9-5-4-6-10-19/h4-17H,1-3H3. The zero-order valence-electron chi connectivity index (χ0n) is 17.4. The fraction of sp³-hybridized carbons (Fsp3) is 0.143. The van der Waals surface area contributed by atoms with E-state index in [1.54, 1.807) is 0 Å². The van der Waals surface area contributed by atoms with Crippen molar-refractivity contribution in [2.45, 2.75) is 26.2 Å². The minimum Gasteiger partial charge on any atom is -0.309 e. The van der Waals surface area contributed by atoms with Gasteiger partial charge in [0.2, 0.25) is 0 Å². The maximum atomic E-state index is 2.41. The third-order valence-corrected chi connectivity index (χ3v) is 7.28. The lowest BCUT2D eigenvalue weighted by Crippen LogP contribution is -2.10. The Labute approximate surface area is 180 Å². The van der Waals surface area contributed by atoms with Gasteiger partial charge in [0, 0.05) is 36.6 Å². The molecule has 6 rings (SSSR count). The number of para-hydroxylation sites is 2. The van der Waals surface area contributed by atoms with Crippen molar-refractivity contribution in [3.63, 3.8) is 0 Å². The maximum absolute atomic E-state index is 2.41. The summed E-state index contributed by atoms with van der Waals surface area (Å²) in [5.41, 5.74) is 5.27. The molecule has 4 aromatic carbocycles. The van der Waals surface area contributed by atoms with Crippen LogP contribution < -0.4 is 0 Å². The van der Waals surface area contributed by atoms with Gasteiger partial charge in [-0.2, -0.15) is 0 Å². The fourth-order valence-corrected chi connectivity index (χ4v) is 5.67. The lowest BCUT2D eigenvalue weighted by molar-refractivity contribution is 0.591. The van der Waals surface area contributed by atoms with E-state index in [1.165, 1.54) is 53.2 Å². The van der Waals surface area contributed by atoms with Crippen LogP contribution in [0, 0.1) is 0 Å². The number of hydrogen-bond acceptors (Lipinski definition) is 1. The summed E-state index contributed by atoms with van der Waals surface area (Å²) in [4.78, 5) is 0. The first-order chi connectivity index (χ1) is 14.5. The Balaban J connectivity index is 1.77. The largest absolute Gasteiger partial charge is 0.309 e. The van der Waals surface area contributed by atoms with Gasteiger partial charge < -0.3 is 4.57 Å². The molecule has 30 heavy (non-hydrogen) atoms. The summed E-state index contributed by atoms with van der Waals surface area (Å²) in [5, 5.41) is 5.36. The van der Waals surface area contributed by atoms with Gasteiger partial charge in [0.05, 0.1) is 11.0 Å². The first kappa shape index (κ1) is 17.7. The van der Waals surface area contributed by atoms with E-state index < -0.39 is 0 Å². The smallest absolute Gasteiger partial charge is 0.0548 e. The van der Waals surface area contributed by atoms with Crippen LogP contribution in [0.25, 0.3) is 47.7 Å². The van der Waals surface area contributed by atoms with Crippen molar-refractivity contribution in [1.29, 1.82) is 0 Å². The minimum absolute atomic E-state index is 0.144. The van der Waals surface area contributed by atoms with E-state index in [4.69, 9.17) is 0 Å². The van der Waals surface area contributed by atoms with E-state index in [2.05, 4.69) is 110 Å². The van der Waals surface area contributed by atoms with Crippen LogP contribution in [0.2, 0.25) is 0 Å². The number of hydrogen-bond donors (Lipinski definition) is 0. The van der Waals surface area contributed by atoms with Crippen molar-refractivity contribution in [2.75, 3.05) is 0 Å². The number of rotatable bonds is 1. The highest BCUT2D eigenvalue weighted by molar-refractivity contribution is 7.25. The van der Waals surface area contributed by atoms with Crippen LogP contribution in [0.4, 0.5) is 0 Å². The zero-order valence-corrected chi connectivity index (χ0v) is 18.3. The zero-order chi connectivity index (χ0) is 20.5. The molecule has 0 radical (unpaired) electrons. The second-order valence-electron chi connectivity index (χ2n) is 9.12. The molecule has 0 bridgehead atoms.